The van der Waals surface area contributed by atoms with Gasteiger partial charge in [-0.2, -0.15) is 11.8 Å². The summed E-state index contributed by atoms with van der Waals surface area (Å²) < 4.78 is 0. The van der Waals surface area contributed by atoms with E-state index in [-0.39, 0.29) is 16.9 Å². The summed E-state index contributed by atoms with van der Waals surface area (Å²) in [6.45, 7) is 7.43. The fourth-order valence-corrected chi connectivity index (χ4v) is 7.63. The van der Waals surface area contributed by atoms with Crippen molar-refractivity contribution >= 4 is 29.2 Å². The van der Waals surface area contributed by atoms with Crippen LogP contribution >= 0.6 is 11.8 Å². The third-order valence-electron chi connectivity index (χ3n) is 8.79. The van der Waals surface area contributed by atoms with Crippen LogP contribution in [-0.4, -0.2) is 92.1 Å². The normalized spacial score (nSPS) is 34.6. The predicted molar refractivity (Wildman–Crippen MR) is 146 cm³/mol. The van der Waals surface area contributed by atoms with Gasteiger partial charge in [0.05, 0.1) is 17.8 Å². The standard InChI is InChI=1S/C28H38N2O8S/c1-10-13-11(9-39-7)8-12(27(2,3)4)20(31)15(13)21(32)16-14(10)22(33)18-19(30(5)6)23(34)17(26(29)37)25(36)28(18,38)24(16)35/h8,10,14,17-19,22-23,31,33-35,38H,9H2,1-7H3,(H2,29,37)/t10-,14+,17?,18+,19-,22-,23?,28-/m0/s1. The van der Waals surface area contributed by atoms with Crippen molar-refractivity contribution in [2.45, 2.75) is 68.6 Å². The number of hydrogen-bond acceptors (Lipinski definition) is 10. The molecular formula is C28H38N2O8S. The lowest BCUT2D eigenvalue weighted by atomic mass is 9.53. The Labute approximate surface area is 231 Å². The molecule has 1 amide bonds. The summed E-state index contributed by atoms with van der Waals surface area (Å²) in [5.41, 5.74) is 3.45. The van der Waals surface area contributed by atoms with Gasteiger partial charge in [-0.05, 0) is 42.8 Å². The Morgan fingerprint density at radius 3 is 2.23 bits per heavy atom. The second-order valence-corrected chi connectivity index (χ2v) is 13.1. The molecule has 214 valence electrons. The molecule has 3 aliphatic carbocycles. The third-order valence-corrected chi connectivity index (χ3v) is 9.39. The second-order valence-electron chi connectivity index (χ2n) is 12.3. The molecule has 0 aromatic heterocycles. The average Bonchev–Trinajstić information content (AvgIpc) is 2.81. The van der Waals surface area contributed by atoms with Crippen LogP contribution in [0.5, 0.6) is 5.75 Å². The first-order valence-electron chi connectivity index (χ1n) is 12.9. The second kappa shape index (κ2) is 9.59. The van der Waals surface area contributed by atoms with E-state index in [1.54, 1.807) is 21.0 Å². The molecule has 11 heteroatoms. The Hall–Kier alpha value is -2.44. The number of carbonyl (C=O) groups excluding carboxylic acids is 3. The van der Waals surface area contributed by atoms with Gasteiger partial charge in [-0.25, -0.2) is 0 Å². The maximum absolute atomic E-state index is 14.2. The van der Waals surface area contributed by atoms with Gasteiger partial charge in [0, 0.05) is 34.8 Å². The Kier molecular flexibility index (Phi) is 7.26. The summed E-state index contributed by atoms with van der Waals surface area (Å²) in [6, 6.07) is 0.692. The number of nitrogens with zero attached hydrogens (tertiary/aromatic N) is 1. The summed E-state index contributed by atoms with van der Waals surface area (Å²) in [5, 5.41) is 57.7. The number of benzene rings is 1. The van der Waals surface area contributed by atoms with Crippen LogP contribution in [0.2, 0.25) is 0 Å². The first-order chi connectivity index (χ1) is 17.9. The lowest BCUT2D eigenvalue weighted by molar-refractivity contribution is -0.194. The van der Waals surface area contributed by atoms with E-state index in [0.717, 1.165) is 5.56 Å². The number of phenolic OH excluding ortho intramolecular Hbond substituents is 1. The molecule has 8 atom stereocenters. The zero-order chi connectivity index (χ0) is 29.5. The van der Waals surface area contributed by atoms with Crippen LogP contribution < -0.4 is 5.73 Å². The molecule has 1 aromatic rings. The zero-order valence-corrected chi connectivity index (χ0v) is 24.0. The number of nitrogens with two attached hydrogens (primary N) is 1. The first-order valence-corrected chi connectivity index (χ1v) is 14.3. The maximum Gasteiger partial charge on any atom is 0.230 e. The molecule has 0 spiro atoms. The monoisotopic (exact) mass is 562 g/mol. The Morgan fingerprint density at radius 1 is 1.15 bits per heavy atom. The first kappa shape index (κ1) is 29.5. The highest BCUT2D eigenvalue weighted by molar-refractivity contribution is 7.97. The number of rotatable bonds is 4. The molecule has 1 aromatic carbocycles. The highest BCUT2D eigenvalue weighted by Gasteiger charge is 2.69. The zero-order valence-electron chi connectivity index (χ0n) is 23.2. The number of likely N-dealkylation sites (N-methyl/N-ethyl adjacent to an activating group) is 1. The van der Waals surface area contributed by atoms with Gasteiger partial charge in [-0.15, -0.1) is 0 Å². The van der Waals surface area contributed by atoms with E-state index in [4.69, 9.17) is 5.73 Å². The van der Waals surface area contributed by atoms with Gasteiger partial charge in [0.15, 0.2) is 17.2 Å². The molecule has 10 nitrogen and oxygen atoms in total. The molecule has 0 saturated heterocycles. The summed E-state index contributed by atoms with van der Waals surface area (Å²) >= 11 is 1.53. The van der Waals surface area contributed by atoms with Crippen molar-refractivity contribution in [1.29, 1.82) is 0 Å². The van der Waals surface area contributed by atoms with Gasteiger partial charge in [0.2, 0.25) is 5.91 Å². The topological polar surface area (TPSA) is 182 Å². The van der Waals surface area contributed by atoms with Gasteiger partial charge in [0.25, 0.3) is 0 Å². The smallest absolute Gasteiger partial charge is 0.230 e. The van der Waals surface area contributed by atoms with Crippen molar-refractivity contribution in [1.82, 2.24) is 4.90 Å². The third kappa shape index (κ3) is 3.96. The predicted octanol–water partition coefficient (Wildman–Crippen LogP) is 0.978. The van der Waals surface area contributed by atoms with E-state index in [1.165, 1.54) is 16.7 Å². The molecular weight excluding hydrogens is 524 g/mol. The van der Waals surface area contributed by atoms with E-state index >= 15 is 0 Å². The number of amides is 1. The largest absolute Gasteiger partial charge is 0.508 e. The number of aromatic hydroxyl groups is 1. The van der Waals surface area contributed by atoms with Crippen LogP contribution in [0.1, 0.15) is 60.7 Å². The van der Waals surface area contributed by atoms with Crippen molar-refractivity contribution in [2.24, 2.45) is 23.5 Å². The van der Waals surface area contributed by atoms with Crippen LogP contribution in [-0.2, 0) is 20.8 Å². The molecule has 7 N–H and O–H groups in total. The number of ketones is 2. The van der Waals surface area contributed by atoms with Crippen LogP contribution in [0.3, 0.4) is 0 Å². The Bertz CT molecular complexity index is 1290. The minimum absolute atomic E-state index is 0.0371. The SMILES string of the molecule is CSCc1cc(C(C)(C)C)c(O)c2c1[C@H](C)[C@@H]1C(=C(O)[C@]3(O)C(=O)C(C(N)=O)C(O)[C@@H](N(C)C)[C@@H]3[C@H]1O)C2=O. The molecule has 4 rings (SSSR count). The number of hydrogen-bond donors (Lipinski definition) is 6. The van der Waals surface area contributed by atoms with Crippen molar-refractivity contribution in [2.75, 3.05) is 20.4 Å². The Morgan fingerprint density at radius 2 is 1.74 bits per heavy atom. The fourth-order valence-electron chi connectivity index (χ4n) is 7.08. The van der Waals surface area contributed by atoms with Gasteiger partial charge < -0.3 is 36.2 Å². The van der Waals surface area contributed by atoms with E-state index in [2.05, 4.69) is 0 Å². The minimum Gasteiger partial charge on any atom is -0.508 e. The van der Waals surface area contributed by atoms with Gasteiger partial charge in [-0.3, -0.25) is 14.4 Å². The quantitative estimate of drug-likeness (QED) is 0.289. The van der Waals surface area contributed by atoms with Gasteiger partial charge in [-0.1, -0.05) is 33.8 Å². The molecule has 3 aliphatic rings. The number of aliphatic hydroxyl groups is 4. The van der Waals surface area contributed by atoms with Crippen LogP contribution in [0, 0.1) is 17.8 Å². The summed E-state index contributed by atoms with van der Waals surface area (Å²) in [7, 11) is 3.08. The number of carbonyl (C=O) groups is 3. The molecule has 39 heavy (non-hydrogen) atoms. The average molecular weight is 563 g/mol. The van der Waals surface area contributed by atoms with Crippen molar-refractivity contribution in [3.63, 3.8) is 0 Å². The molecule has 1 fully saturated rings. The number of aliphatic hydroxyl groups excluding tert-OH is 3. The number of Topliss-reactive ketones (excluding diaryl/α,β-unsaturated/α-hetero) is 2. The molecule has 2 unspecified atom stereocenters. The highest BCUT2D eigenvalue weighted by atomic mass is 32.2. The lowest BCUT2D eigenvalue weighted by Crippen LogP contribution is -2.74. The van der Waals surface area contributed by atoms with Gasteiger partial charge in [0.1, 0.15) is 17.4 Å². The molecule has 0 aliphatic heterocycles. The van der Waals surface area contributed by atoms with Crippen LogP contribution in [0.25, 0.3) is 0 Å². The molecule has 0 radical (unpaired) electrons. The molecule has 1 saturated carbocycles. The number of fused-ring (bicyclic) bond motifs is 3. The van der Waals surface area contributed by atoms with E-state index in [9.17, 15) is 39.9 Å². The number of primary amides is 1. The number of phenols is 1. The van der Waals surface area contributed by atoms with E-state index in [1.807, 2.05) is 33.1 Å². The summed E-state index contributed by atoms with van der Waals surface area (Å²) in [4.78, 5) is 41.4. The minimum atomic E-state index is -2.87. The summed E-state index contributed by atoms with van der Waals surface area (Å²) in [6.07, 6.45) is -1.35. The maximum atomic E-state index is 14.2. The van der Waals surface area contributed by atoms with Crippen LogP contribution in [0.4, 0.5) is 0 Å². The Balaban J connectivity index is 2.07. The number of thioether (sulfide) groups is 1. The fraction of sp³-hybridized carbons (Fsp3) is 0.607. The van der Waals surface area contributed by atoms with Crippen LogP contribution in [0.15, 0.2) is 17.4 Å². The lowest BCUT2D eigenvalue weighted by Gasteiger charge is -2.56. The molecule has 0 heterocycles. The van der Waals surface area contributed by atoms with Crippen molar-refractivity contribution in [3.8, 4) is 5.75 Å². The van der Waals surface area contributed by atoms with Gasteiger partial charge >= 0.3 is 0 Å². The van der Waals surface area contributed by atoms with E-state index < -0.39 is 76.2 Å². The molecule has 0 bridgehead atoms. The van der Waals surface area contributed by atoms with Crippen molar-refractivity contribution in [3.05, 3.63) is 39.7 Å². The highest BCUT2D eigenvalue weighted by Crippen LogP contribution is 2.57. The van der Waals surface area contributed by atoms with E-state index in [0.29, 0.717) is 16.9 Å². The van der Waals surface area contributed by atoms with Crippen molar-refractivity contribution < 1.29 is 39.9 Å². The summed E-state index contributed by atoms with van der Waals surface area (Å²) in [5.74, 6) is -9.08.